The number of nitrogens with zero attached hydrogens (tertiary/aromatic N) is 3. The van der Waals surface area contributed by atoms with Crippen LogP contribution in [0.5, 0.6) is 0 Å². The number of rotatable bonds is 3. The Hall–Kier alpha value is -1.85. The van der Waals surface area contributed by atoms with Crippen molar-refractivity contribution in [3.63, 3.8) is 0 Å². The highest BCUT2D eigenvalue weighted by atomic mass is 16.2. The van der Waals surface area contributed by atoms with Gasteiger partial charge in [-0.25, -0.2) is 0 Å². The molecule has 1 aromatic heterocycles. The van der Waals surface area contributed by atoms with Gasteiger partial charge in [0.2, 0.25) is 11.8 Å². The number of aryl methyl sites for hydroxylation is 2. The van der Waals surface area contributed by atoms with E-state index in [2.05, 4.69) is 10.4 Å². The fraction of sp³-hybridized carbons (Fsp3) is 0.750. The Kier molecular flexibility index (Phi) is 6.69. The molecule has 2 fully saturated rings. The smallest absolute Gasteiger partial charge is 0.225 e. The summed E-state index contributed by atoms with van der Waals surface area (Å²) in [4.78, 5) is 27.7. The third-order valence-electron chi connectivity index (χ3n) is 5.73. The van der Waals surface area contributed by atoms with Crippen LogP contribution in [0.15, 0.2) is 12.4 Å². The molecule has 0 spiro atoms. The van der Waals surface area contributed by atoms with Crippen molar-refractivity contribution in [1.29, 1.82) is 0 Å². The van der Waals surface area contributed by atoms with Crippen LogP contribution >= 0.6 is 0 Å². The van der Waals surface area contributed by atoms with Crippen LogP contribution in [0.4, 0.5) is 0 Å². The molecule has 26 heavy (non-hydrogen) atoms. The zero-order valence-corrected chi connectivity index (χ0v) is 16.0. The minimum absolute atomic E-state index is 0.0438. The summed E-state index contributed by atoms with van der Waals surface area (Å²) in [5, 5.41) is 7.39. The quantitative estimate of drug-likeness (QED) is 0.901. The van der Waals surface area contributed by atoms with Gasteiger partial charge in [0.25, 0.3) is 0 Å². The van der Waals surface area contributed by atoms with Gasteiger partial charge in [-0.2, -0.15) is 5.10 Å². The molecular formula is C20H32N4O2. The molecule has 0 radical (unpaired) electrons. The molecule has 1 N–H and O–H groups in total. The molecule has 2 amide bonds. The zero-order valence-electron chi connectivity index (χ0n) is 16.0. The first-order valence-corrected chi connectivity index (χ1v) is 10.2. The topological polar surface area (TPSA) is 67.2 Å². The second-order valence-electron chi connectivity index (χ2n) is 7.78. The summed E-state index contributed by atoms with van der Waals surface area (Å²) >= 11 is 0. The summed E-state index contributed by atoms with van der Waals surface area (Å²) in [5.41, 5.74) is 1.11. The maximum absolute atomic E-state index is 13.0. The number of aromatic nitrogens is 2. The van der Waals surface area contributed by atoms with E-state index in [4.69, 9.17) is 0 Å². The average Bonchev–Trinajstić information content (AvgIpc) is 3.05. The highest BCUT2D eigenvalue weighted by Crippen LogP contribution is 2.30. The van der Waals surface area contributed by atoms with Gasteiger partial charge in [0.05, 0.1) is 12.1 Å². The van der Waals surface area contributed by atoms with E-state index in [9.17, 15) is 9.59 Å². The van der Waals surface area contributed by atoms with E-state index in [-0.39, 0.29) is 23.8 Å². The number of carbonyl (C=O) groups is 2. The normalized spacial score (nSPS) is 25.1. The lowest BCUT2D eigenvalue weighted by Crippen LogP contribution is -2.51. The third-order valence-corrected chi connectivity index (χ3v) is 5.73. The average molecular weight is 361 g/mol. The zero-order chi connectivity index (χ0) is 18.4. The Labute approximate surface area is 156 Å². The van der Waals surface area contributed by atoms with E-state index in [1.165, 1.54) is 0 Å². The van der Waals surface area contributed by atoms with Crippen LogP contribution in [0.25, 0.3) is 0 Å². The van der Waals surface area contributed by atoms with Gasteiger partial charge in [0.1, 0.15) is 0 Å². The lowest BCUT2D eigenvalue weighted by molar-refractivity contribution is -0.139. The fourth-order valence-electron chi connectivity index (χ4n) is 4.31. The molecule has 0 bridgehead atoms. The highest BCUT2D eigenvalue weighted by Gasteiger charge is 2.36. The minimum atomic E-state index is -0.0438. The first-order chi connectivity index (χ1) is 12.6. The Morgan fingerprint density at radius 1 is 1.19 bits per heavy atom. The van der Waals surface area contributed by atoms with E-state index < -0.39 is 0 Å². The first-order valence-electron chi connectivity index (χ1n) is 10.2. The van der Waals surface area contributed by atoms with E-state index in [0.717, 1.165) is 70.0 Å². The molecule has 6 heteroatoms. The summed E-state index contributed by atoms with van der Waals surface area (Å²) in [6, 6.07) is 0.0636. The molecular weight excluding hydrogens is 328 g/mol. The van der Waals surface area contributed by atoms with Gasteiger partial charge in [-0.1, -0.05) is 25.7 Å². The number of fused-ring (bicyclic) bond motifs is 1. The predicted octanol–water partition coefficient (Wildman–Crippen LogP) is 2.66. The monoisotopic (exact) mass is 360 g/mol. The lowest BCUT2D eigenvalue weighted by Gasteiger charge is -2.39. The molecule has 1 saturated heterocycles. The van der Waals surface area contributed by atoms with Gasteiger partial charge in [0.15, 0.2) is 0 Å². The van der Waals surface area contributed by atoms with Crippen molar-refractivity contribution in [2.24, 2.45) is 5.92 Å². The molecule has 144 valence electrons. The van der Waals surface area contributed by atoms with Crippen molar-refractivity contribution in [1.82, 2.24) is 20.0 Å². The fourth-order valence-corrected chi connectivity index (χ4v) is 4.31. The van der Waals surface area contributed by atoms with Gasteiger partial charge in [-0.3, -0.25) is 14.3 Å². The number of hydrogen-bond acceptors (Lipinski definition) is 3. The standard InChI is InChI=1S/C20H32N4O2/c1-16-14-22-23(15-16)13-10-19(25)24-12-7-3-2-6-11-21-20(26)17-8-4-5-9-18(17)24/h14-15,17-18H,2-13H2,1H3,(H,21,26)/t17-,18+/m1/s1. The summed E-state index contributed by atoms with van der Waals surface area (Å²) < 4.78 is 1.84. The van der Waals surface area contributed by atoms with Crippen LogP contribution in [0, 0.1) is 12.8 Å². The van der Waals surface area contributed by atoms with Crippen LogP contribution in [0.3, 0.4) is 0 Å². The lowest BCUT2D eigenvalue weighted by atomic mass is 9.82. The third kappa shape index (κ3) is 4.86. The SMILES string of the molecule is Cc1cnn(CCC(=O)N2CCCCCCNC(=O)[C@@H]3CCCC[C@@H]32)c1. The Morgan fingerprint density at radius 2 is 2.00 bits per heavy atom. The summed E-state index contributed by atoms with van der Waals surface area (Å²) in [6.45, 7) is 4.16. The van der Waals surface area contributed by atoms with Crippen LogP contribution in [0.2, 0.25) is 0 Å². The Balaban J connectivity index is 1.70. The molecule has 2 atom stereocenters. The molecule has 0 aromatic carbocycles. The van der Waals surface area contributed by atoms with Crippen molar-refractivity contribution in [3.05, 3.63) is 18.0 Å². The van der Waals surface area contributed by atoms with Crippen molar-refractivity contribution in [2.75, 3.05) is 13.1 Å². The first kappa shape index (κ1) is 18.9. The second-order valence-corrected chi connectivity index (χ2v) is 7.78. The minimum Gasteiger partial charge on any atom is -0.356 e. The van der Waals surface area contributed by atoms with Crippen molar-refractivity contribution >= 4 is 11.8 Å². The Bertz CT molecular complexity index is 613. The largest absolute Gasteiger partial charge is 0.356 e. The van der Waals surface area contributed by atoms with Gasteiger partial charge in [-0.05, 0) is 38.2 Å². The van der Waals surface area contributed by atoms with Crippen LogP contribution in [-0.4, -0.2) is 45.6 Å². The van der Waals surface area contributed by atoms with Crippen molar-refractivity contribution in [2.45, 2.75) is 77.3 Å². The van der Waals surface area contributed by atoms with E-state index in [1.807, 2.05) is 28.9 Å². The maximum atomic E-state index is 13.0. The van der Waals surface area contributed by atoms with E-state index in [1.54, 1.807) is 0 Å². The number of hydrogen-bond donors (Lipinski definition) is 1. The van der Waals surface area contributed by atoms with Crippen LogP contribution in [-0.2, 0) is 16.1 Å². The van der Waals surface area contributed by atoms with Crippen molar-refractivity contribution < 1.29 is 9.59 Å². The van der Waals surface area contributed by atoms with E-state index >= 15 is 0 Å². The molecule has 1 aliphatic heterocycles. The molecule has 2 aliphatic rings. The molecule has 1 saturated carbocycles. The van der Waals surface area contributed by atoms with Gasteiger partial charge in [-0.15, -0.1) is 0 Å². The van der Waals surface area contributed by atoms with Gasteiger partial charge < -0.3 is 10.2 Å². The summed E-state index contributed by atoms with van der Waals surface area (Å²) in [7, 11) is 0. The van der Waals surface area contributed by atoms with Crippen molar-refractivity contribution in [3.8, 4) is 0 Å². The predicted molar refractivity (Wildman–Crippen MR) is 101 cm³/mol. The summed E-state index contributed by atoms with van der Waals surface area (Å²) in [6.07, 6.45) is 12.6. The van der Waals surface area contributed by atoms with E-state index in [0.29, 0.717) is 13.0 Å². The van der Waals surface area contributed by atoms with Crippen LogP contribution < -0.4 is 5.32 Å². The summed E-state index contributed by atoms with van der Waals surface area (Å²) in [5.74, 6) is 0.275. The molecule has 3 rings (SSSR count). The molecule has 6 nitrogen and oxygen atoms in total. The second kappa shape index (κ2) is 9.19. The molecule has 1 aliphatic carbocycles. The van der Waals surface area contributed by atoms with Crippen LogP contribution in [0.1, 0.15) is 63.4 Å². The number of amides is 2. The van der Waals surface area contributed by atoms with Gasteiger partial charge in [0, 0.05) is 38.3 Å². The molecule has 2 heterocycles. The van der Waals surface area contributed by atoms with Gasteiger partial charge >= 0.3 is 0 Å². The maximum Gasteiger partial charge on any atom is 0.225 e. The Morgan fingerprint density at radius 3 is 2.81 bits per heavy atom. The number of nitrogens with one attached hydrogen (secondary N) is 1. The molecule has 0 unspecified atom stereocenters. The highest BCUT2D eigenvalue weighted by molar-refractivity contribution is 5.82. The number of carbonyl (C=O) groups excluding carboxylic acids is 2. The molecule has 1 aromatic rings.